The molecule has 0 heterocycles. The van der Waals surface area contributed by atoms with Gasteiger partial charge in [0.1, 0.15) is 11.6 Å². The summed E-state index contributed by atoms with van der Waals surface area (Å²) in [6.45, 7) is 1.27. The fraction of sp³-hybridized carbons (Fsp3) is 0.133. The lowest BCUT2D eigenvalue weighted by Crippen LogP contribution is -2.41. The molecule has 1 atom stereocenters. The van der Waals surface area contributed by atoms with Crippen LogP contribution in [0.4, 0.5) is 14.5 Å². The first kappa shape index (κ1) is 15.3. The highest BCUT2D eigenvalue weighted by Crippen LogP contribution is 2.29. The van der Waals surface area contributed by atoms with Gasteiger partial charge >= 0.3 is 5.97 Å². The Morgan fingerprint density at radius 3 is 2.38 bits per heavy atom. The molecule has 1 unspecified atom stereocenters. The van der Waals surface area contributed by atoms with Gasteiger partial charge in [-0.3, -0.25) is 0 Å². The van der Waals surface area contributed by atoms with E-state index in [1.807, 2.05) is 0 Å². The second-order valence-corrected chi connectivity index (χ2v) is 5.12. The monoisotopic (exact) mass is 311 g/mol. The average molecular weight is 312 g/mol. The number of hydrogen-bond donors (Lipinski definition) is 2. The van der Waals surface area contributed by atoms with E-state index >= 15 is 0 Å². The van der Waals surface area contributed by atoms with Crippen molar-refractivity contribution in [3.05, 3.63) is 64.7 Å². The lowest BCUT2D eigenvalue weighted by molar-refractivity contribution is -0.142. The highest BCUT2D eigenvalue weighted by Gasteiger charge is 2.38. The van der Waals surface area contributed by atoms with Gasteiger partial charge in [-0.15, -0.1) is 0 Å². The zero-order valence-electron chi connectivity index (χ0n) is 11.0. The van der Waals surface area contributed by atoms with Crippen LogP contribution in [0.25, 0.3) is 0 Å². The third kappa shape index (κ3) is 3.13. The summed E-state index contributed by atoms with van der Waals surface area (Å²) in [7, 11) is 0. The van der Waals surface area contributed by atoms with Crippen molar-refractivity contribution in [2.45, 2.75) is 12.5 Å². The second-order valence-electron chi connectivity index (χ2n) is 4.69. The normalized spacial score (nSPS) is 13.5. The number of anilines is 1. The Balaban J connectivity index is 2.47. The molecular weight excluding hydrogens is 300 g/mol. The largest absolute Gasteiger partial charge is 0.479 e. The van der Waals surface area contributed by atoms with Crippen LogP contribution in [0.1, 0.15) is 12.5 Å². The van der Waals surface area contributed by atoms with E-state index in [0.717, 1.165) is 18.2 Å². The minimum absolute atomic E-state index is 0.287. The van der Waals surface area contributed by atoms with Gasteiger partial charge in [-0.05, 0) is 49.4 Å². The van der Waals surface area contributed by atoms with Crippen molar-refractivity contribution >= 4 is 23.3 Å². The molecule has 0 aliphatic heterocycles. The minimum atomic E-state index is -1.82. The number of carboxylic acids is 1. The Morgan fingerprint density at radius 2 is 1.81 bits per heavy atom. The standard InChI is InChI=1S/C15H12ClF2NO2/c1-15(14(20)21,12-8-10(17)4-7-13(12)18)19-11-5-2-9(16)3-6-11/h2-8,19H,1H3,(H,20,21). The summed E-state index contributed by atoms with van der Waals surface area (Å²) >= 11 is 5.75. The Morgan fingerprint density at radius 1 is 1.19 bits per heavy atom. The van der Waals surface area contributed by atoms with E-state index in [1.165, 1.54) is 6.92 Å². The number of halogens is 3. The van der Waals surface area contributed by atoms with Crippen molar-refractivity contribution in [1.82, 2.24) is 0 Å². The van der Waals surface area contributed by atoms with Gasteiger partial charge in [0.25, 0.3) is 0 Å². The first-order valence-electron chi connectivity index (χ1n) is 6.05. The highest BCUT2D eigenvalue weighted by molar-refractivity contribution is 6.30. The molecule has 3 nitrogen and oxygen atoms in total. The minimum Gasteiger partial charge on any atom is -0.479 e. The summed E-state index contributed by atoms with van der Waals surface area (Å²) in [6, 6.07) is 8.94. The number of aliphatic carboxylic acids is 1. The molecule has 0 saturated carbocycles. The number of hydrogen-bond acceptors (Lipinski definition) is 2. The highest BCUT2D eigenvalue weighted by atomic mass is 35.5. The maximum Gasteiger partial charge on any atom is 0.333 e. The van der Waals surface area contributed by atoms with E-state index in [9.17, 15) is 18.7 Å². The molecule has 0 aliphatic rings. The lowest BCUT2D eigenvalue weighted by atomic mass is 9.91. The number of carboxylic acid groups (broad SMARTS) is 1. The molecule has 0 amide bonds. The summed E-state index contributed by atoms with van der Waals surface area (Å²) in [4.78, 5) is 11.6. The van der Waals surface area contributed by atoms with Crippen molar-refractivity contribution < 1.29 is 18.7 Å². The Kier molecular flexibility index (Phi) is 4.14. The van der Waals surface area contributed by atoms with Crippen molar-refractivity contribution in [3.8, 4) is 0 Å². The fourth-order valence-corrected chi connectivity index (χ4v) is 2.06. The Labute approximate surface area is 125 Å². The van der Waals surface area contributed by atoms with Crippen LogP contribution in [0, 0.1) is 11.6 Å². The van der Waals surface area contributed by atoms with Gasteiger partial charge in [0, 0.05) is 16.3 Å². The molecule has 0 aliphatic carbocycles. The van der Waals surface area contributed by atoms with Crippen LogP contribution in [0.3, 0.4) is 0 Å². The molecule has 0 bridgehead atoms. The third-order valence-electron chi connectivity index (χ3n) is 3.13. The van der Waals surface area contributed by atoms with Gasteiger partial charge < -0.3 is 10.4 Å². The van der Waals surface area contributed by atoms with Gasteiger partial charge in [0.05, 0.1) is 0 Å². The summed E-state index contributed by atoms with van der Waals surface area (Å²) in [5.74, 6) is -2.85. The molecule has 2 aromatic rings. The van der Waals surface area contributed by atoms with E-state index in [-0.39, 0.29) is 5.56 Å². The maximum absolute atomic E-state index is 13.9. The van der Waals surface area contributed by atoms with E-state index in [1.54, 1.807) is 24.3 Å². The molecule has 6 heteroatoms. The van der Waals surface area contributed by atoms with Crippen LogP contribution in [-0.2, 0) is 10.3 Å². The van der Waals surface area contributed by atoms with Gasteiger partial charge in [0.2, 0.25) is 0 Å². The molecule has 0 radical (unpaired) electrons. The van der Waals surface area contributed by atoms with E-state index in [4.69, 9.17) is 11.6 Å². The molecule has 21 heavy (non-hydrogen) atoms. The van der Waals surface area contributed by atoms with E-state index in [2.05, 4.69) is 5.32 Å². The number of benzene rings is 2. The van der Waals surface area contributed by atoms with E-state index < -0.39 is 23.1 Å². The quantitative estimate of drug-likeness (QED) is 0.896. The molecule has 2 rings (SSSR count). The lowest BCUT2D eigenvalue weighted by Gasteiger charge is -2.28. The van der Waals surface area contributed by atoms with Gasteiger partial charge in [-0.25, -0.2) is 13.6 Å². The first-order valence-corrected chi connectivity index (χ1v) is 6.43. The van der Waals surface area contributed by atoms with Crippen LogP contribution >= 0.6 is 11.6 Å². The Bertz CT molecular complexity index is 676. The average Bonchev–Trinajstić information content (AvgIpc) is 2.43. The van der Waals surface area contributed by atoms with Crippen LogP contribution in [0.15, 0.2) is 42.5 Å². The fourth-order valence-electron chi connectivity index (χ4n) is 1.94. The molecular formula is C15H12ClF2NO2. The molecule has 0 saturated heterocycles. The third-order valence-corrected chi connectivity index (χ3v) is 3.39. The summed E-state index contributed by atoms with van der Waals surface area (Å²) in [6.07, 6.45) is 0. The van der Waals surface area contributed by atoms with Crippen LogP contribution in [-0.4, -0.2) is 11.1 Å². The maximum atomic E-state index is 13.9. The smallest absolute Gasteiger partial charge is 0.333 e. The topological polar surface area (TPSA) is 49.3 Å². The van der Waals surface area contributed by atoms with Crippen molar-refractivity contribution in [3.63, 3.8) is 0 Å². The summed E-state index contributed by atoms with van der Waals surface area (Å²) in [5, 5.41) is 12.6. The zero-order chi connectivity index (χ0) is 15.6. The summed E-state index contributed by atoms with van der Waals surface area (Å²) in [5.41, 5.74) is -1.68. The van der Waals surface area contributed by atoms with Crippen LogP contribution < -0.4 is 5.32 Å². The van der Waals surface area contributed by atoms with Crippen molar-refractivity contribution in [1.29, 1.82) is 0 Å². The number of nitrogens with one attached hydrogen (secondary N) is 1. The Hall–Kier alpha value is -2.14. The molecule has 0 aromatic heterocycles. The molecule has 0 spiro atoms. The number of rotatable bonds is 4. The first-order chi connectivity index (χ1) is 9.83. The van der Waals surface area contributed by atoms with Gasteiger partial charge in [-0.2, -0.15) is 0 Å². The van der Waals surface area contributed by atoms with Crippen LogP contribution in [0.2, 0.25) is 5.02 Å². The molecule has 110 valence electrons. The van der Waals surface area contributed by atoms with Crippen LogP contribution in [0.5, 0.6) is 0 Å². The van der Waals surface area contributed by atoms with Gasteiger partial charge in [-0.1, -0.05) is 11.6 Å². The predicted molar refractivity (Wildman–Crippen MR) is 76.4 cm³/mol. The second kappa shape index (κ2) is 5.69. The van der Waals surface area contributed by atoms with Gasteiger partial charge in [0.15, 0.2) is 5.54 Å². The molecule has 0 fully saturated rings. The van der Waals surface area contributed by atoms with E-state index in [0.29, 0.717) is 10.7 Å². The summed E-state index contributed by atoms with van der Waals surface area (Å²) < 4.78 is 27.2. The van der Waals surface area contributed by atoms with Crippen molar-refractivity contribution in [2.24, 2.45) is 0 Å². The SMILES string of the molecule is CC(Nc1ccc(Cl)cc1)(C(=O)O)c1cc(F)ccc1F. The number of carbonyl (C=O) groups is 1. The molecule has 2 aromatic carbocycles. The zero-order valence-corrected chi connectivity index (χ0v) is 11.8. The van der Waals surface area contributed by atoms with Crippen molar-refractivity contribution in [2.75, 3.05) is 5.32 Å². The predicted octanol–water partition coefficient (Wildman–Crippen LogP) is 4.03. The molecule has 2 N–H and O–H groups in total.